The number of hydrogen-bond donors (Lipinski definition) is 2. The van der Waals surface area contributed by atoms with Gasteiger partial charge < -0.3 is 62.8 Å². The molecule has 0 aliphatic carbocycles. The molecule has 7 nitrogen and oxygen atoms in total. The molecule has 0 unspecified atom stereocenters. The number of methoxy groups -OCH3 is 1. The average molecular weight is 1640 g/mol. The van der Waals surface area contributed by atoms with E-state index >= 15 is 0 Å². The van der Waals surface area contributed by atoms with Crippen molar-refractivity contribution in [3.05, 3.63) is 186 Å². The second kappa shape index (κ2) is 35.7. The Morgan fingerprint density at radius 1 is 0.569 bits per heavy atom. The van der Waals surface area contributed by atoms with Crippen molar-refractivity contribution in [3.8, 4) is 22.6 Å². The van der Waals surface area contributed by atoms with Gasteiger partial charge in [0.05, 0.1) is 13.7 Å². The molecule has 2 N–H and O–H groups in total. The molecule has 72 heavy (non-hydrogen) atoms. The molecule has 2 saturated heterocycles. The fraction of sp³-hybridized carbons (Fsp3) is 0.355. The minimum Gasteiger partial charge on any atom is -0.497 e. The standard InChI is InChI=1S/C49H52N4O2.C6H11O.C6H12.CH3.3U/c1-3-49(37-51-38-49)36-50-34-12-4-5-13-35-55-48-32-28-46(29-33-48)53(42-16-10-7-11-17-42)44-24-20-40(21-25-44)39-18-22-43(23-19-39)52(41-14-8-6-9-15-41)45-26-30-47(54-2)31-27-45;1-3-6(2)4-7-5-6;1-3-5-6-4-2;;;;/h8-11,14-33,50-51H,3-5,12-13,34-38H2,1-2H3;2-5H2,1H3;1-6H2;1H3;;;/q-2;-1;-2;-1;3*+2. The molecule has 8 rings (SSSR count). The van der Waals surface area contributed by atoms with E-state index in [1.807, 2.05) is 36.4 Å². The van der Waals surface area contributed by atoms with Crippen molar-refractivity contribution in [2.75, 3.05) is 62.9 Å². The number of anilines is 6. The van der Waals surface area contributed by atoms with Crippen LogP contribution in [0, 0.1) is 145 Å². The number of benzene rings is 6. The first-order chi connectivity index (χ1) is 33.3. The second-order valence-electron chi connectivity index (χ2n) is 18.1. The van der Waals surface area contributed by atoms with Crippen LogP contribution in [0.1, 0.15) is 78.1 Å². The molecular weight excluding hydrogens is 1560 g/mol. The first-order valence-electron chi connectivity index (χ1n) is 24.9. The van der Waals surface area contributed by atoms with Gasteiger partial charge in [-0.15, -0.1) is 29.7 Å². The van der Waals surface area contributed by atoms with Gasteiger partial charge in [0.2, 0.25) is 0 Å². The SMILES string of the molecule is CCC1(CNCCCCCCOc2ccc(N(c3cc[c-]cc3)c3ccc(-c4ccc(N(c5cc[c-]cc5)c5ccc(OC)cc5)cc4)cc3)cc2)CNC1.[CH2-]C1(CC)COC1.[CH2-]CCCC[CH2-].[CH3-].[U+2].[U+2].[U+2]. The number of unbranched alkanes of at least 4 members (excludes halogenated alkanes) is 6. The summed E-state index contributed by atoms with van der Waals surface area (Å²) in [5.41, 5.74) is 9.50. The summed E-state index contributed by atoms with van der Waals surface area (Å²) in [5.74, 6) is 1.73. The molecule has 0 bridgehead atoms. The van der Waals surface area contributed by atoms with E-state index in [1.165, 1.54) is 38.5 Å². The monoisotopic (exact) mass is 1640 g/mol. The molecule has 0 amide bonds. The van der Waals surface area contributed by atoms with Crippen molar-refractivity contribution in [1.29, 1.82) is 0 Å². The third-order valence-corrected chi connectivity index (χ3v) is 13.0. The van der Waals surface area contributed by atoms with Crippen molar-refractivity contribution in [3.63, 3.8) is 0 Å². The maximum atomic E-state index is 6.15. The molecule has 2 heterocycles. The van der Waals surface area contributed by atoms with Gasteiger partial charge >= 0.3 is 93.3 Å². The molecule has 6 aromatic rings. The summed E-state index contributed by atoms with van der Waals surface area (Å²) in [5, 5.41) is 7.10. The summed E-state index contributed by atoms with van der Waals surface area (Å²) in [6.07, 6.45) is 11.7. The topological polar surface area (TPSA) is 58.2 Å². The molecular formula is C62H78N4O3U3. The Morgan fingerprint density at radius 3 is 1.33 bits per heavy atom. The molecule has 2 aliphatic heterocycles. The van der Waals surface area contributed by atoms with Gasteiger partial charge in [-0.05, 0) is 110 Å². The minimum atomic E-state index is 0. The van der Waals surface area contributed by atoms with E-state index in [0.29, 0.717) is 10.8 Å². The third kappa shape index (κ3) is 20.3. The summed E-state index contributed by atoms with van der Waals surface area (Å²) in [7, 11) is 1.69. The zero-order valence-corrected chi connectivity index (χ0v) is 56.1. The van der Waals surface area contributed by atoms with Crippen LogP contribution in [0.5, 0.6) is 11.5 Å². The predicted molar refractivity (Wildman–Crippen MR) is 292 cm³/mol. The molecule has 0 radical (unpaired) electrons. The summed E-state index contributed by atoms with van der Waals surface area (Å²) in [6.45, 7) is 22.8. The van der Waals surface area contributed by atoms with Crippen LogP contribution in [0.25, 0.3) is 11.1 Å². The second-order valence-corrected chi connectivity index (χ2v) is 18.1. The van der Waals surface area contributed by atoms with Crippen LogP contribution in [-0.2, 0) is 4.74 Å². The Balaban J connectivity index is 0.000000918. The molecule has 2 fully saturated rings. The van der Waals surface area contributed by atoms with Gasteiger partial charge in [0.25, 0.3) is 0 Å². The Labute approximate surface area is 507 Å². The maximum absolute atomic E-state index is 6.15. The summed E-state index contributed by atoms with van der Waals surface area (Å²) < 4.78 is 16.5. The Bertz CT molecular complexity index is 2260. The van der Waals surface area contributed by atoms with Crippen LogP contribution < -0.4 is 29.9 Å². The van der Waals surface area contributed by atoms with E-state index < -0.39 is 0 Å². The molecule has 6 aromatic carbocycles. The average Bonchev–Trinajstić information content (AvgIpc) is 3.37. The summed E-state index contributed by atoms with van der Waals surface area (Å²) >= 11 is 0. The van der Waals surface area contributed by atoms with Gasteiger partial charge in [0.1, 0.15) is 11.5 Å². The molecule has 0 aromatic heterocycles. The van der Waals surface area contributed by atoms with E-state index in [0.717, 1.165) is 128 Å². The van der Waals surface area contributed by atoms with Gasteiger partial charge in [0.15, 0.2) is 0 Å². The van der Waals surface area contributed by atoms with Crippen molar-refractivity contribution in [2.45, 2.75) is 78.1 Å². The quantitative estimate of drug-likeness (QED) is 0.0490. The van der Waals surface area contributed by atoms with Gasteiger partial charge in [-0.25, -0.2) is 0 Å². The molecule has 2 aliphatic rings. The number of ether oxygens (including phenoxy) is 3. The van der Waals surface area contributed by atoms with Crippen molar-refractivity contribution >= 4 is 34.1 Å². The van der Waals surface area contributed by atoms with Crippen molar-refractivity contribution < 1.29 is 108 Å². The zero-order valence-electron chi connectivity index (χ0n) is 43.6. The van der Waals surface area contributed by atoms with Gasteiger partial charge in [-0.3, -0.25) is 0 Å². The fourth-order valence-corrected chi connectivity index (χ4v) is 8.15. The van der Waals surface area contributed by atoms with Crippen LogP contribution >= 0.6 is 0 Å². The number of hydrogen-bond acceptors (Lipinski definition) is 7. The first-order valence-corrected chi connectivity index (χ1v) is 24.9. The fourth-order valence-electron chi connectivity index (χ4n) is 8.15. The van der Waals surface area contributed by atoms with Crippen LogP contribution in [0.3, 0.4) is 0 Å². The van der Waals surface area contributed by atoms with E-state index in [2.05, 4.69) is 176 Å². The molecule has 0 spiro atoms. The van der Waals surface area contributed by atoms with Crippen LogP contribution in [0.15, 0.2) is 146 Å². The smallest absolute Gasteiger partial charge is 0.497 e. The third-order valence-electron chi connectivity index (χ3n) is 13.0. The Kier molecular flexibility index (Phi) is 32.6. The van der Waals surface area contributed by atoms with Crippen LogP contribution in [-0.4, -0.2) is 53.1 Å². The van der Waals surface area contributed by atoms with Gasteiger partial charge in [0, 0.05) is 61.0 Å². The maximum Gasteiger partial charge on any atom is 2.00 e. The number of nitrogens with zero attached hydrogens (tertiary/aromatic N) is 2. The normalized spacial score (nSPS) is 13.4. The Hall–Kier alpha value is -2.44. The molecule has 376 valence electrons. The number of nitrogens with one attached hydrogen (secondary N) is 2. The van der Waals surface area contributed by atoms with Crippen LogP contribution in [0.2, 0.25) is 0 Å². The first kappa shape index (κ1) is 65.7. The van der Waals surface area contributed by atoms with E-state index in [9.17, 15) is 0 Å². The summed E-state index contributed by atoms with van der Waals surface area (Å²) in [4.78, 5) is 4.51. The molecule has 0 saturated carbocycles. The molecule has 10 heteroatoms. The predicted octanol–water partition coefficient (Wildman–Crippen LogP) is 15.3. The van der Waals surface area contributed by atoms with Crippen molar-refractivity contribution in [2.24, 2.45) is 10.8 Å². The Morgan fingerprint density at radius 2 is 0.986 bits per heavy atom. The minimum absolute atomic E-state index is 0. The van der Waals surface area contributed by atoms with E-state index in [1.54, 1.807) is 7.11 Å². The van der Waals surface area contributed by atoms with E-state index in [-0.39, 0.29) is 101 Å². The number of rotatable bonds is 23. The van der Waals surface area contributed by atoms with E-state index in [4.69, 9.17) is 14.2 Å². The van der Waals surface area contributed by atoms with Crippen molar-refractivity contribution in [1.82, 2.24) is 10.6 Å². The molecule has 0 atom stereocenters. The van der Waals surface area contributed by atoms with Gasteiger partial charge in [-0.1, -0.05) is 81.6 Å². The van der Waals surface area contributed by atoms with Gasteiger partial charge in [-0.2, -0.15) is 49.2 Å². The summed E-state index contributed by atoms with van der Waals surface area (Å²) in [6, 6.07) is 56.6. The zero-order chi connectivity index (χ0) is 47.9. The largest absolute Gasteiger partial charge is 2.00 e. The van der Waals surface area contributed by atoms with Crippen LogP contribution in [0.4, 0.5) is 34.1 Å².